The van der Waals surface area contributed by atoms with Gasteiger partial charge in [0.15, 0.2) is 0 Å². The van der Waals surface area contributed by atoms with E-state index in [1.807, 2.05) is 4.72 Å². The fourth-order valence-corrected chi connectivity index (χ4v) is 2.88. The van der Waals surface area contributed by atoms with E-state index in [0.29, 0.717) is 4.31 Å². The van der Waals surface area contributed by atoms with E-state index in [-0.39, 0.29) is 11.3 Å². The van der Waals surface area contributed by atoms with Gasteiger partial charge in [0.2, 0.25) is 15.9 Å². The molecular formula is C13H17FN2O4S2. The molecule has 1 aromatic carbocycles. The summed E-state index contributed by atoms with van der Waals surface area (Å²) in [4.78, 5) is 24.3. The molecule has 0 aliphatic rings. The van der Waals surface area contributed by atoms with Crippen molar-refractivity contribution in [2.24, 2.45) is 5.41 Å². The monoisotopic (exact) mass is 348 g/mol. The minimum absolute atomic E-state index is 0.227. The summed E-state index contributed by atoms with van der Waals surface area (Å²) in [6, 6.07) is 2.88. The van der Waals surface area contributed by atoms with Gasteiger partial charge in [-0.2, -0.15) is 0 Å². The van der Waals surface area contributed by atoms with E-state index < -0.39 is 33.1 Å². The second-order valence-electron chi connectivity index (χ2n) is 5.68. The third-order valence-electron chi connectivity index (χ3n) is 2.68. The normalized spacial score (nSPS) is 11.9. The highest BCUT2D eigenvalue weighted by Gasteiger charge is 2.36. The quantitative estimate of drug-likeness (QED) is 0.815. The van der Waals surface area contributed by atoms with Crippen LogP contribution in [0.4, 0.5) is 10.1 Å². The Morgan fingerprint density at radius 1 is 1.27 bits per heavy atom. The summed E-state index contributed by atoms with van der Waals surface area (Å²) >= 11 is 3.58. The zero-order valence-electron chi connectivity index (χ0n) is 12.5. The van der Waals surface area contributed by atoms with Crippen LogP contribution in [0.5, 0.6) is 0 Å². The van der Waals surface area contributed by atoms with Gasteiger partial charge in [0.25, 0.3) is 5.91 Å². The van der Waals surface area contributed by atoms with Gasteiger partial charge >= 0.3 is 0 Å². The van der Waals surface area contributed by atoms with Crippen LogP contribution in [0.3, 0.4) is 0 Å². The minimum Gasteiger partial charge on any atom is -0.299 e. The fraction of sp³-hybridized carbons (Fsp3) is 0.385. The first kappa shape index (κ1) is 18.4. The Kier molecular flexibility index (Phi) is 5.24. The zero-order chi connectivity index (χ0) is 17.3. The molecule has 122 valence electrons. The van der Waals surface area contributed by atoms with Crippen LogP contribution in [0.15, 0.2) is 18.2 Å². The van der Waals surface area contributed by atoms with Crippen molar-refractivity contribution in [2.45, 2.75) is 20.8 Å². The van der Waals surface area contributed by atoms with E-state index in [9.17, 15) is 22.4 Å². The molecule has 1 N–H and O–H groups in total. The number of halogens is 1. The van der Waals surface area contributed by atoms with Crippen molar-refractivity contribution in [3.63, 3.8) is 0 Å². The van der Waals surface area contributed by atoms with Gasteiger partial charge in [0.05, 0.1) is 17.5 Å². The highest BCUT2D eigenvalue weighted by Crippen LogP contribution is 2.29. The molecule has 9 heteroatoms. The molecule has 0 heterocycles. The molecule has 2 amide bonds. The number of carbonyl (C=O) groups is 2. The summed E-state index contributed by atoms with van der Waals surface area (Å²) in [7, 11) is -4.02. The lowest BCUT2D eigenvalue weighted by Crippen LogP contribution is -2.44. The molecule has 0 bridgehead atoms. The Balaban J connectivity index is 3.65. The van der Waals surface area contributed by atoms with Crippen LogP contribution in [0.25, 0.3) is 0 Å². The molecule has 22 heavy (non-hydrogen) atoms. The van der Waals surface area contributed by atoms with E-state index in [1.54, 1.807) is 0 Å². The Morgan fingerprint density at radius 2 is 1.82 bits per heavy atom. The molecule has 1 aromatic rings. The van der Waals surface area contributed by atoms with Crippen molar-refractivity contribution in [1.82, 2.24) is 4.72 Å². The molecule has 0 saturated heterocycles. The van der Waals surface area contributed by atoms with E-state index in [2.05, 4.69) is 12.8 Å². The van der Waals surface area contributed by atoms with Gasteiger partial charge in [-0.05, 0) is 18.2 Å². The van der Waals surface area contributed by atoms with Gasteiger partial charge in [-0.3, -0.25) is 14.3 Å². The second-order valence-corrected chi connectivity index (χ2v) is 7.74. The summed E-state index contributed by atoms with van der Waals surface area (Å²) in [6.07, 6.45) is 0.836. The maximum atomic E-state index is 13.4. The first-order chi connectivity index (χ1) is 9.89. The molecule has 0 spiro atoms. The number of rotatable bonds is 3. The number of thiol groups is 1. The van der Waals surface area contributed by atoms with Crippen LogP contribution in [-0.4, -0.2) is 26.5 Å². The molecule has 0 unspecified atom stereocenters. The van der Waals surface area contributed by atoms with Crippen LogP contribution < -0.4 is 9.03 Å². The maximum Gasteiger partial charge on any atom is 0.263 e. The van der Waals surface area contributed by atoms with Crippen molar-refractivity contribution in [3.8, 4) is 0 Å². The molecule has 0 saturated carbocycles. The number of carbonyl (C=O) groups excluding carboxylic acids is 2. The van der Waals surface area contributed by atoms with Crippen LogP contribution >= 0.6 is 12.8 Å². The van der Waals surface area contributed by atoms with Crippen LogP contribution in [0.1, 0.15) is 31.1 Å². The standard InChI is InChI=1S/C13H17FN2O4S2/c1-13(2,3)12(18)16(22(4,19)20)10-6-5-8(14)7-9(10)11(17)15-21/h5-7,21H,1-4H3,(H,15,17). The van der Waals surface area contributed by atoms with E-state index >= 15 is 0 Å². The highest BCUT2D eigenvalue weighted by atomic mass is 32.2. The Labute approximate surface area is 134 Å². The topological polar surface area (TPSA) is 83.6 Å². The number of sulfonamides is 1. The maximum absolute atomic E-state index is 13.4. The number of benzene rings is 1. The number of anilines is 1. The SMILES string of the molecule is CC(C)(C)C(=O)N(c1ccc(F)cc1C(=O)NS)S(C)(=O)=O. The van der Waals surface area contributed by atoms with Gasteiger partial charge in [0, 0.05) is 5.41 Å². The minimum atomic E-state index is -4.02. The summed E-state index contributed by atoms with van der Waals surface area (Å²) in [6.45, 7) is 4.61. The molecule has 0 aliphatic carbocycles. The number of nitrogens with zero attached hydrogens (tertiary/aromatic N) is 1. The van der Waals surface area contributed by atoms with Crippen molar-refractivity contribution in [3.05, 3.63) is 29.6 Å². The molecule has 0 aromatic heterocycles. The molecule has 0 radical (unpaired) electrons. The Morgan fingerprint density at radius 3 is 2.23 bits per heavy atom. The average Bonchev–Trinajstić information content (AvgIpc) is 2.37. The first-order valence-electron chi connectivity index (χ1n) is 6.18. The largest absolute Gasteiger partial charge is 0.299 e. The third-order valence-corrected chi connectivity index (χ3v) is 3.91. The van der Waals surface area contributed by atoms with Crippen molar-refractivity contribution < 1.29 is 22.4 Å². The number of hydrogen-bond acceptors (Lipinski definition) is 5. The fourth-order valence-electron chi connectivity index (χ4n) is 1.67. The van der Waals surface area contributed by atoms with E-state index in [0.717, 1.165) is 24.5 Å². The van der Waals surface area contributed by atoms with Crippen LogP contribution in [0, 0.1) is 11.2 Å². The highest BCUT2D eigenvalue weighted by molar-refractivity contribution is 7.92. The average molecular weight is 348 g/mol. The summed E-state index contributed by atoms with van der Waals surface area (Å²) in [5.74, 6) is -2.31. The van der Waals surface area contributed by atoms with E-state index in [4.69, 9.17) is 0 Å². The first-order valence-corrected chi connectivity index (χ1v) is 8.48. The lowest BCUT2D eigenvalue weighted by Gasteiger charge is -2.28. The van der Waals surface area contributed by atoms with Crippen LogP contribution in [0.2, 0.25) is 0 Å². The molecule has 6 nitrogen and oxygen atoms in total. The van der Waals surface area contributed by atoms with Gasteiger partial charge in [0.1, 0.15) is 5.82 Å². The van der Waals surface area contributed by atoms with E-state index in [1.165, 1.54) is 20.8 Å². The second kappa shape index (κ2) is 6.25. The van der Waals surface area contributed by atoms with Gasteiger partial charge in [-0.15, -0.1) is 0 Å². The number of hydrogen-bond donors (Lipinski definition) is 2. The molecule has 0 atom stereocenters. The van der Waals surface area contributed by atoms with Gasteiger partial charge < -0.3 is 0 Å². The van der Waals surface area contributed by atoms with Crippen molar-refractivity contribution in [2.75, 3.05) is 10.6 Å². The number of amides is 2. The Bertz CT molecular complexity index is 711. The molecule has 0 aliphatic heterocycles. The smallest absolute Gasteiger partial charge is 0.263 e. The lowest BCUT2D eigenvalue weighted by atomic mass is 9.95. The molecule has 0 fully saturated rings. The van der Waals surface area contributed by atoms with Crippen molar-refractivity contribution >= 4 is 40.3 Å². The summed E-state index contributed by atoms with van der Waals surface area (Å²) in [5.41, 5.74) is -1.56. The van der Waals surface area contributed by atoms with Crippen molar-refractivity contribution in [1.29, 1.82) is 0 Å². The molecular weight excluding hydrogens is 331 g/mol. The Hall–Kier alpha value is -1.61. The molecule has 1 rings (SSSR count). The van der Waals surface area contributed by atoms with Gasteiger partial charge in [-0.1, -0.05) is 33.6 Å². The summed E-state index contributed by atoms with van der Waals surface area (Å²) < 4.78 is 39.9. The van der Waals surface area contributed by atoms with Crippen LogP contribution in [-0.2, 0) is 14.8 Å². The lowest BCUT2D eigenvalue weighted by molar-refractivity contribution is -0.124. The number of nitrogens with one attached hydrogen (secondary N) is 1. The van der Waals surface area contributed by atoms with Gasteiger partial charge in [-0.25, -0.2) is 17.1 Å². The predicted octanol–water partition coefficient (Wildman–Crippen LogP) is 1.74. The third kappa shape index (κ3) is 3.98. The zero-order valence-corrected chi connectivity index (χ0v) is 14.3. The predicted molar refractivity (Wildman–Crippen MR) is 84.6 cm³/mol. The summed E-state index contributed by atoms with van der Waals surface area (Å²) in [5, 5.41) is 0.